The van der Waals surface area contributed by atoms with Gasteiger partial charge in [0.05, 0.1) is 18.2 Å². The molecular formula is C16H19BrN2O3. The van der Waals surface area contributed by atoms with E-state index in [4.69, 9.17) is 4.74 Å². The van der Waals surface area contributed by atoms with Gasteiger partial charge in [-0.3, -0.25) is 0 Å². The first-order valence-electron chi connectivity index (χ1n) is 7.10. The van der Waals surface area contributed by atoms with Crippen molar-refractivity contribution in [2.24, 2.45) is 5.92 Å². The highest BCUT2D eigenvalue weighted by molar-refractivity contribution is 9.10. The second-order valence-electron chi connectivity index (χ2n) is 5.58. The van der Waals surface area contributed by atoms with Gasteiger partial charge in [-0.25, -0.2) is 9.59 Å². The van der Waals surface area contributed by atoms with Crippen molar-refractivity contribution >= 4 is 27.9 Å². The highest BCUT2D eigenvalue weighted by Crippen LogP contribution is 2.32. The van der Waals surface area contributed by atoms with E-state index in [0.29, 0.717) is 17.9 Å². The zero-order valence-corrected chi connectivity index (χ0v) is 14.4. The van der Waals surface area contributed by atoms with E-state index in [1.807, 2.05) is 38.1 Å². The normalized spacial score (nSPS) is 18.0. The minimum atomic E-state index is -0.538. The molecule has 1 heterocycles. The van der Waals surface area contributed by atoms with Gasteiger partial charge < -0.3 is 15.4 Å². The van der Waals surface area contributed by atoms with Crippen molar-refractivity contribution in [2.45, 2.75) is 26.8 Å². The van der Waals surface area contributed by atoms with E-state index in [1.54, 1.807) is 6.92 Å². The van der Waals surface area contributed by atoms with Crippen molar-refractivity contribution in [1.29, 1.82) is 0 Å². The second kappa shape index (κ2) is 6.96. The molecule has 0 unspecified atom stereocenters. The monoisotopic (exact) mass is 366 g/mol. The van der Waals surface area contributed by atoms with Gasteiger partial charge in [0.1, 0.15) is 0 Å². The molecule has 1 aliphatic heterocycles. The van der Waals surface area contributed by atoms with E-state index in [0.717, 1.165) is 10.0 Å². The van der Waals surface area contributed by atoms with Crippen LogP contribution in [0.15, 0.2) is 40.0 Å². The highest BCUT2D eigenvalue weighted by atomic mass is 79.9. The SMILES string of the molecule is CC1=C(C(=O)OCC(C)C)[C@H](c2ccccc2Br)NC(=O)N1. The molecule has 0 saturated heterocycles. The smallest absolute Gasteiger partial charge is 0.338 e. The fourth-order valence-electron chi connectivity index (χ4n) is 2.23. The van der Waals surface area contributed by atoms with Crippen LogP contribution in [-0.2, 0) is 9.53 Å². The number of rotatable bonds is 4. The molecule has 2 amide bonds. The predicted molar refractivity (Wildman–Crippen MR) is 87.0 cm³/mol. The molecule has 1 aromatic carbocycles. The lowest BCUT2D eigenvalue weighted by Gasteiger charge is -2.28. The van der Waals surface area contributed by atoms with E-state index < -0.39 is 12.0 Å². The second-order valence-corrected chi connectivity index (χ2v) is 6.44. The molecule has 22 heavy (non-hydrogen) atoms. The fourth-order valence-corrected chi connectivity index (χ4v) is 2.74. The number of hydrogen-bond donors (Lipinski definition) is 2. The minimum absolute atomic E-state index is 0.248. The van der Waals surface area contributed by atoms with Crippen LogP contribution in [0.4, 0.5) is 4.79 Å². The Morgan fingerprint density at radius 2 is 2.05 bits per heavy atom. The maximum atomic E-state index is 12.4. The zero-order chi connectivity index (χ0) is 16.3. The molecule has 0 saturated carbocycles. The Morgan fingerprint density at radius 3 is 2.68 bits per heavy atom. The lowest BCUT2D eigenvalue weighted by molar-refractivity contribution is -0.140. The Bertz CT molecular complexity index is 626. The van der Waals surface area contributed by atoms with Crippen molar-refractivity contribution in [3.63, 3.8) is 0 Å². The number of carbonyl (C=O) groups is 2. The molecule has 1 aromatic rings. The largest absolute Gasteiger partial charge is 0.462 e. The number of hydrogen-bond acceptors (Lipinski definition) is 3. The Hall–Kier alpha value is -1.82. The van der Waals surface area contributed by atoms with Crippen molar-refractivity contribution in [1.82, 2.24) is 10.6 Å². The van der Waals surface area contributed by atoms with E-state index in [-0.39, 0.29) is 11.9 Å². The number of esters is 1. The average Bonchev–Trinajstić information content (AvgIpc) is 2.44. The summed E-state index contributed by atoms with van der Waals surface area (Å²) in [5.41, 5.74) is 1.75. The van der Waals surface area contributed by atoms with E-state index in [1.165, 1.54) is 0 Å². The van der Waals surface area contributed by atoms with Crippen molar-refractivity contribution in [3.8, 4) is 0 Å². The molecule has 0 aliphatic carbocycles. The Morgan fingerprint density at radius 1 is 1.36 bits per heavy atom. The molecule has 1 atom stereocenters. The molecular weight excluding hydrogens is 348 g/mol. The van der Waals surface area contributed by atoms with Crippen LogP contribution in [0.2, 0.25) is 0 Å². The van der Waals surface area contributed by atoms with Crippen LogP contribution >= 0.6 is 15.9 Å². The zero-order valence-electron chi connectivity index (χ0n) is 12.8. The van der Waals surface area contributed by atoms with Gasteiger partial charge in [-0.1, -0.05) is 48.0 Å². The molecule has 0 spiro atoms. The molecule has 0 fully saturated rings. The van der Waals surface area contributed by atoms with Gasteiger partial charge in [0.2, 0.25) is 0 Å². The van der Waals surface area contributed by atoms with Gasteiger partial charge in [-0.2, -0.15) is 0 Å². The number of benzene rings is 1. The third-order valence-corrected chi connectivity index (χ3v) is 3.98. The van der Waals surface area contributed by atoms with E-state index >= 15 is 0 Å². The summed E-state index contributed by atoms with van der Waals surface area (Å²) in [6, 6.07) is 6.60. The number of halogens is 1. The van der Waals surface area contributed by atoms with Crippen molar-refractivity contribution < 1.29 is 14.3 Å². The number of allylic oxidation sites excluding steroid dienone is 1. The van der Waals surface area contributed by atoms with Gasteiger partial charge in [0.25, 0.3) is 0 Å². The van der Waals surface area contributed by atoms with Crippen molar-refractivity contribution in [3.05, 3.63) is 45.6 Å². The minimum Gasteiger partial charge on any atom is -0.462 e. The molecule has 5 nitrogen and oxygen atoms in total. The summed E-state index contributed by atoms with van der Waals surface area (Å²) in [5, 5.41) is 5.41. The standard InChI is InChI=1S/C16H19BrN2O3/c1-9(2)8-22-15(20)13-10(3)18-16(21)19-14(13)11-6-4-5-7-12(11)17/h4-7,9,14H,8H2,1-3H3,(H2,18,19,21)/t14-/m0/s1. The third-order valence-electron chi connectivity index (χ3n) is 3.25. The summed E-state index contributed by atoms with van der Waals surface area (Å²) in [6.45, 7) is 5.99. The average molecular weight is 367 g/mol. The van der Waals surface area contributed by atoms with Gasteiger partial charge >= 0.3 is 12.0 Å². The van der Waals surface area contributed by atoms with Crippen LogP contribution in [-0.4, -0.2) is 18.6 Å². The summed E-state index contributed by atoms with van der Waals surface area (Å²) in [6.07, 6.45) is 0. The summed E-state index contributed by atoms with van der Waals surface area (Å²) in [7, 11) is 0. The number of amides is 2. The predicted octanol–water partition coefficient (Wildman–Crippen LogP) is 3.28. The Balaban J connectivity index is 2.37. The Labute approximate surface area is 138 Å². The summed E-state index contributed by atoms with van der Waals surface area (Å²) in [5.74, 6) is -0.169. The number of urea groups is 1. The quantitative estimate of drug-likeness (QED) is 0.803. The topological polar surface area (TPSA) is 67.4 Å². The molecule has 118 valence electrons. The fraction of sp³-hybridized carbons (Fsp3) is 0.375. The van der Waals surface area contributed by atoms with Crippen LogP contribution < -0.4 is 10.6 Å². The van der Waals surface area contributed by atoms with Crippen LogP contribution in [0.1, 0.15) is 32.4 Å². The number of carbonyl (C=O) groups excluding carboxylic acids is 2. The molecule has 0 radical (unpaired) electrons. The molecule has 2 N–H and O–H groups in total. The Kier molecular flexibility index (Phi) is 5.24. The molecule has 0 bridgehead atoms. The lowest BCUT2D eigenvalue weighted by atomic mass is 9.95. The third kappa shape index (κ3) is 3.68. The van der Waals surface area contributed by atoms with Gasteiger partial charge in [-0.05, 0) is 24.5 Å². The van der Waals surface area contributed by atoms with Crippen LogP contribution in [0.3, 0.4) is 0 Å². The summed E-state index contributed by atoms with van der Waals surface area (Å²) in [4.78, 5) is 24.2. The maximum Gasteiger partial charge on any atom is 0.338 e. The molecule has 1 aliphatic rings. The van der Waals surface area contributed by atoms with Gasteiger partial charge in [-0.15, -0.1) is 0 Å². The van der Waals surface area contributed by atoms with E-state index in [2.05, 4.69) is 26.6 Å². The lowest BCUT2D eigenvalue weighted by Crippen LogP contribution is -2.45. The van der Waals surface area contributed by atoms with Crippen LogP contribution in [0.25, 0.3) is 0 Å². The first kappa shape index (κ1) is 16.5. The number of nitrogens with one attached hydrogen (secondary N) is 2. The van der Waals surface area contributed by atoms with E-state index in [9.17, 15) is 9.59 Å². The molecule has 2 rings (SSSR count). The highest BCUT2D eigenvalue weighted by Gasteiger charge is 2.33. The first-order chi connectivity index (χ1) is 10.4. The molecule has 0 aromatic heterocycles. The first-order valence-corrected chi connectivity index (χ1v) is 7.89. The van der Waals surface area contributed by atoms with Gasteiger partial charge in [0.15, 0.2) is 0 Å². The van der Waals surface area contributed by atoms with Crippen LogP contribution in [0.5, 0.6) is 0 Å². The van der Waals surface area contributed by atoms with Gasteiger partial charge in [0, 0.05) is 10.2 Å². The maximum absolute atomic E-state index is 12.4. The summed E-state index contributed by atoms with van der Waals surface area (Å²) >= 11 is 3.46. The molecule has 6 heteroatoms. The summed E-state index contributed by atoms with van der Waals surface area (Å²) < 4.78 is 6.16. The number of ether oxygens (including phenoxy) is 1. The van der Waals surface area contributed by atoms with Crippen LogP contribution in [0, 0.1) is 5.92 Å². The van der Waals surface area contributed by atoms with Crippen molar-refractivity contribution in [2.75, 3.05) is 6.61 Å².